The first-order chi connectivity index (χ1) is 8.81. The molecule has 0 saturated carbocycles. The summed E-state index contributed by atoms with van der Waals surface area (Å²) in [4.78, 5) is 0. The Morgan fingerprint density at radius 1 is 1.28 bits per heavy atom. The van der Waals surface area contributed by atoms with Crippen molar-refractivity contribution in [3.8, 4) is 11.8 Å². The average Bonchev–Trinajstić information content (AvgIpc) is 2.42. The molecule has 18 heavy (non-hydrogen) atoms. The molecule has 0 saturated heterocycles. The zero-order valence-electron chi connectivity index (χ0n) is 11.3. The molecule has 0 aliphatic heterocycles. The molecule has 1 aromatic carbocycles. The molecule has 3 nitrogen and oxygen atoms in total. The van der Waals surface area contributed by atoms with Crippen LogP contribution < -0.4 is 10.1 Å². The standard InChI is InChI=1S/C15H22N2O/c1-3-15(17-4-2)13-7-9-14(10-8-13)18-12-6-5-11-16/h7-10,15,17H,3-6,12H2,1-2H3. The number of nitrogens with zero attached hydrogens (tertiary/aromatic N) is 1. The number of hydrogen-bond donors (Lipinski definition) is 1. The predicted molar refractivity (Wildman–Crippen MR) is 73.5 cm³/mol. The second-order valence-electron chi connectivity index (χ2n) is 4.20. The lowest BCUT2D eigenvalue weighted by Crippen LogP contribution is -2.19. The average molecular weight is 246 g/mol. The van der Waals surface area contributed by atoms with Crippen molar-refractivity contribution in [2.75, 3.05) is 13.2 Å². The molecular weight excluding hydrogens is 224 g/mol. The minimum Gasteiger partial charge on any atom is -0.494 e. The van der Waals surface area contributed by atoms with Crippen LogP contribution in [0.5, 0.6) is 5.75 Å². The molecule has 3 heteroatoms. The Labute approximate surface area is 110 Å². The molecule has 1 aromatic rings. The number of nitrogens with one attached hydrogen (secondary N) is 1. The summed E-state index contributed by atoms with van der Waals surface area (Å²) in [7, 11) is 0. The van der Waals surface area contributed by atoms with Gasteiger partial charge in [0.15, 0.2) is 0 Å². The van der Waals surface area contributed by atoms with E-state index in [1.807, 2.05) is 12.1 Å². The maximum absolute atomic E-state index is 8.43. The van der Waals surface area contributed by atoms with Crippen LogP contribution in [0.3, 0.4) is 0 Å². The number of unbranched alkanes of at least 4 members (excludes halogenated alkanes) is 1. The van der Waals surface area contributed by atoms with Gasteiger partial charge in [-0.2, -0.15) is 5.26 Å². The first-order valence-corrected chi connectivity index (χ1v) is 6.64. The predicted octanol–water partition coefficient (Wildman–Crippen LogP) is 3.43. The topological polar surface area (TPSA) is 45.0 Å². The van der Waals surface area contributed by atoms with Crippen molar-refractivity contribution < 1.29 is 4.74 Å². The SMILES string of the molecule is CCNC(CC)c1ccc(OCCCC#N)cc1. The Morgan fingerprint density at radius 2 is 2.00 bits per heavy atom. The van der Waals surface area contributed by atoms with Gasteiger partial charge in [-0.05, 0) is 37.1 Å². The van der Waals surface area contributed by atoms with Crippen LogP contribution in [0, 0.1) is 11.3 Å². The van der Waals surface area contributed by atoms with Gasteiger partial charge < -0.3 is 10.1 Å². The quantitative estimate of drug-likeness (QED) is 0.715. The Kier molecular flexibility index (Phi) is 6.90. The van der Waals surface area contributed by atoms with Crippen LogP contribution in [0.25, 0.3) is 0 Å². The molecule has 98 valence electrons. The number of hydrogen-bond acceptors (Lipinski definition) is 3. The third-order valence-electron chi connectivity index (χ3n) is 2.84. The molecule has 1 N–H and O–H groups in total. The van der Waals surface area contributed by atoms with Crippen LogP contribution in [0.4, 0.5) is 0 Å². The van der Waals surface area contributed by atoms with Gasteiger partial charge in [0.2, 0.25) is 0 Å². The lowest BCUT2D eigenvalue weighted by Gasteiger charge is -2.16. The zero-order chi connectivity index (χ0) is 13.2. The third-order valence-corrected chi connectivity index (χ3v) is 2.84. The number of rotatable bonds is 8. The Balaban J connectivity index is 2.48. The van der Waals surface area contributed by atoms with Gasteiger partial charge in [-0.25, -0.2) is 0 Å². The minimum absolute atomic E-state index is 0.419. The van der Waals surface area contributed by atoms with E-state index >= 15 is 0 Å². The fourth-order valence-electron chi connectivity index (χ4n) is 1.88. The van der Waals surface area contributed by atoms with E-state index < -0.39 is 0 Å². The van der Waals surface area contributed by atoms with Crippen molar-refractivity contribution in [2.24, 2.45) is 0 Å². The molecular formula is C15H22N2O. The molecule has 1 rings (SSSR count). The van der Waals surface area contributed by atoms with E-state index in [4.69, 9.17) is 10.00 Å². The van der Waals surface area contributed by atoms with Gasteiger partial charge in [-0.1, -0.05) is 26.0 Å². The third kappa shape index (κ3) is 4.77. The van der Waals surface area contributed by atoms with Gasteiger partial charge in [0, 0.05) is 12.5 Å². The molecule has 0 aliphatic carbocycles. The highest BCUT2D eigenvalue weighted by molar-refractivity contribution is 5.29. The van der Waals surface area contributed by atoms with Gasteiger partial charge in [0.25, 0.3) is 0 Å². The molecule has 0 amide bonds. The highest BCUT2D eigenvalue weighted by atomic mass is 16.5. The normalized spacial score (nSPS) is 11.8. The second kappa shape index (κ2) is 8.54. The minimum atomic E-state index is 0.419. The molecule has 1 atom stereocenters. The van der Waals surface area contributed by atoms with Crippen LogP contribution in [-0.2, 0) is 0 Å². The van der Waals surface area contributed by atoms with Gasteiger partial charge in [-0.15, -0.1) is 0 Å². The van der Waals surface area contributed by atoms with E-state index in [-0.39, 0.29) is 0 Å². The molecule has 0 bridgehead atoms. The monoisotopic (exact) mass is 246 g/mol. The van der Waals surface area contributed by atoms with E-state index in [0.29, 0.717) is 19.1 Å². The van der Waals surface area contributed by atoms with E-state index in [1.165, 1.54) is 5.56 Å². The summed E-state index contributed by atoms with van der Waals surface area (Å²) in [6.45, 7) is 5.89. The molecule has 0 spiro atoms. The largest absolute Gasteiger partial charge is 0.494 e. The lowest BCUT2D eigenvalue weighted by molar-refractivity contribution is 0.312. The van der Waals surface area contributed by atoms with E-state index in [1.54, 1.807) is 0 Å². The zero-order valence-corrected chi connectivity index (χ0v) is 11.3. The van der Waals surface area contributed by atoms with Crippen molar-refractivity contribution >= 4 is 0 Å². The van der Waals surface area contributed by atoms with Crippen LogP contribution in [0.1, 0.15) is 44.7 Å². The van der Waals surface area contributed by atoms with Crippen LogP contribution in [-0.4, -0.2) is 13.2 Å². The van der Waals surface area contributed by atoms with Crippen LogP contribution >= 0.6 is 0 Å². The summed E-state index contributed by atoms with van der Waals surface area (Å²) in [5, 5.41) is 11.9. The first kappa shape index (κ1) is 14.5. The fourth-order valence-corrected chi connectivity index (χ4v) is 1.88. The summed E-state index contributed by atoms with van der Waals surface area (Å²) < 4.78 is 5.56. The molecule has 0 heterocycles. The Hall–Kier alpha value is -1.53. The van der Waals surface area contributed by atoms with E-state index in [0.717, 1.165) is 25.1 Å². The summed E-state index contributed by atoms with van der Waals surface area (Å²) in [6, 6.07) is 10.7. The Bertz CT molecular complexity index is 367. The van der Waals surface area contributed by atoms with Crippen molar-refractivity contribution in [1.82, 2.24) is 5.32 Å². The fraction of sp³-hybridized carbons (Fsp3) is 0.533. The van der Waals surface area contributed by atoms with Crippen molar-refractivity contribution in [3.05, 3.63) is 29.8 Å². The maximum atomic E-state index is 8.43. The second-order valence-corrected chi connectivity index (χ2v) is 4.20. The smallest absolute Gasteiger partial charge is 0.119 e. The highest BCUT2D eigenvalue weighted by Gasteiger charge is 2.07. The molecule has 0 radical (unpaired) electrons. The Morgan fingerprint density at radius 3 is 2.56 bits per heavy atom. The molecule has 0 aliphatic rings. The molecule has 1 unspecified atom stereocenters. The number of nitriles is 1. The van der Waals surface area contributed by atoms with Crippen LogP contribution in [0.15, 0.2) is 24.3 Å². The first-order valence-electron chi connectivity index (χ1n) is 6.64. The van der Waals surface area contributed by atoms with Crippen molar-refractivity contribution in [1.29, 1.82) is 5.26 Å². The highest BCUT2D eigenvalue weighted by Crippen LogP contribution is 2.20. The maximum Gasteiger partial charge on any atom is 0.119 e. The van der Waals surface area contributed by atoms with Gasteiger partial charge >= 0.3 is 0 Å². The summed E-state index contributed by atoms with van der Waals surface area (Å²) in [6.07, 6.45) is 2.42. The lowest BCUT2D eigenvalue weighted by atomic mass is 10.0. The van der Waals surface area contributed by atoms with E-state index in [9.17, 15) is 0 Å². The summed E-state index contributed by atoms with van der Waals surface area (Å²) >= 11 is 0. The van der Waals surface area contributed by atoms with E-state index in [2.05, 4.69) is 37.4 Å². The van der Waals surface area contributed by atoms with Crippen molar-refractivity contribution in [3.63, 3.8) is 0 Å². The van der Waals surface area contributed by atoms with Gasteiger partial charge in [0.1, 0.15) is 5.75 Å². The van der Waals surface area contributed by atoms with Crippen molar-refractivity contribution in [2.45, 2.75) is 39.2 Å². The number of benzene rings is 1. The van der Waals surface area contributed by atoms with Gasteiger partial charge in [-0.3, -0.25) is 0 Å². The van der Waals surface area contributed by atoms with Crippen LogP contribution in [0.2, 0.25) is 0 Å². The molecule has 0 aromatic heterocycles. The van der Waals surface area contributed by atoms with Gasteiger partial charge in [0.05, 0.1) is 12.7 Å². The molecule has 0 fully saturated rings. The summed E-state index contributed by atoms with van der Waals surface area (Å²) in [5.41, 5.74) is 1.30. The number of ether oxygens (including phenoxy) is 1. The summed E-state index contributed by atoms with van der Waals surface area (Å²) in [5.74, 6) is 0.878.